The second-order valence-electron chi connectivity index (χ2n) is 10.6. The van der Waals surface area contributed by atoms with Crippen LogP contribution in [0.4, 0.5) is 0 Å². The number of imidazole rings is 2. The number of hydrogen-bond donors (Lipinski definition) is 2. The van der Waals surface area contributed by atoms with Gasteiger partial charge in [0.1, 0.15) is 11.6 Å². The first-order valence-electron chi connectivity index (χ1n) is 12.8. The van der Waals surface area contributed by atoms with Crippen LogP contribution >= 0.6 is 0 Å². The summed E-state index contributed by atoms with van der Waals surface area (Å²) in [5, 5.41) is 9.48. The Kier molecular flexibility index (Phi) is 8.57. The molecule has 2 fully saturated rings. The zero-order valence-electron chi connectivity index (χ0n) is 20.6. The highest BCUT2D eigenvalue weighted by atomic mass is 16.3. The molecule has 2 saturated heterocycles. The number of aromatic nitrogens is 4. The number of hydrogen-bond acceptors (Lipinski definition) is 6. The minimum absolute atomic E-state index is 0.132. The molecule has 8 nitrogen and oxygen atoms in total. The van der Waals surface area contributed by atoms with E-state index >= 15 is 0 Å². The fourth-order valence-corrected chi connectivity index (χ4v) is 5.66. The van der Waals surface area contributed by atoms with Gasteiger partial charge in [-0.2, -0.15) is 0 Å². The molecular formula is C25H43N7O. The van der Waals surface area contributed by atoms with Gasteiger partial charge in [0.15, 0.2) is 0 Å². The van der Waals surface area contributed by atoms with E-state index in [4.69, 9.17) is 0 Å². The standard InChI is InChI=1S/C25H43N7O/c1-22(2)18-29-12-4-25(5-13-29)6-14-30(21-25)10-3-11-32-15-9-28-24(32)20-31(16-17-33)19-23-26-7-8-27-23/h7-9,15,22,33H,3-6,10-14,16-21H2,1-2H3,(H,26,27). The molecule has 0 unspecified atom stereocenters. The normalized spacial score (nSPS) is 19.4. The zero-order valence-corrected chi connectivity index (χ0v) is 20.6. The van der Waals surface area contributed by atoms with Crippen molar-refractivity contribution in [2.24, 2.45) is 11.3 Å². The van der Waals surface area contributed by atoms with Crippen LogP contribution in [-0.4, -0.2) is 91.7 Å². The molecule has 0 radical (unpaired) electrons. The molecular weight excluding hydrogens is 414 g/mol. The number of piperidine rings is 1. The summed E-state index contributed by atoms with van der Waals surface area (Å²) in [6.07, 6.45) is 12.9. The Morgan fingerprint density at radius 3 is 2.55 bits per heavy atom. The Morgan fingerprint density at radius 2 is 1.85 bits per heavy atom. The predicted octanol–water partition coefficient (Wildman–Crippen LogP) is 2.43. The average molecular weight is 458 g/mol. The number of rotatable bonds is 12. The molecule has 1 spiro atoms. The van der Waals surface area contributed by atoms with Crippen molar-refractivity contribution >= 4 is 0 Å². The van der Waals surface area contributed by atoms with Crippen molar-refractivity contribution in [3.8, 4) is 0 Å². The van der Waals surface area contributed by atoms with Crippen LogP contribution in [0.2, 0.25) is 0 Å². The summed E-state index contributed by atoms with van der Waals surface area (Å²) in [5.41, 5.74) is 0.574. The summed E-state index contributed by atoms with van der Waals surface area (Å²) in [6, 6.07) is 0. The Morgan fingerprint density at radius 1 is 1.06 bits per heavy atom. The van der Waals surface area contributed by atoms with Crippen molar-refractivity contribution in [3.63, 3.8) is 0 Å². The van der Waals surface area contributed by atoms with Gasteiger partial charge in [-0.1, -0.05) is 13.8 Å². The summed E-state index contributed by atoms with van der Waals surface area (Å²) in [4.78, 5) is 19.6. The van der Waals surface area contributed by atoms with Crippen LogP contribution in [-0.2, 0) is 19.6 Å². The molecule has 0 aromatic carbocycles. The molecule has 0 aliphatic carbocycles. The molecule has 4 rings (SSSR count). The maximum atomic E-state index is 9.48. The second-order valence-corrected chi connectivity index (χ2v) is 10.6. The third-order valence-electron chi connectivity index (χ3n) is 7.44. The summed E-state index contributed by atoms with van der Waals surface area (Å²) in [7, 11) is 0. The van der Waals surface area contributed by atoms with Gasteiger partial charge in [0.05, 0.1) is 19.7 Å². The fourth-order valence-electron chi connectivity index (χ4n) is 5.66. The van der Waals surface area contributed by atoms with E-state index in [0.717, 1.165) is 30.5 Å². The first-order chi connectivity index (χ1) is 16.0. The first-order valence-corrected chi connectivity index (χ1v) is 12.8. The van der Waals surface area contributed by atoms with Crippen molar-refractivity contribution in [2.45, 2.75) is 59.2 Å². The number of H-pyrrole nitrogens is 1. The highest BCUT2D eigenvalue weighted by molar-refractivity contribution is 4.96. The molecule has 184 valence electrons. The van der Waals surface area contributed by atoms with E-state index in [0.29, 0.717) is 25.0 Å². The van der Waals surface area contributed by atoms with E-state index < -0.39 is 0 Å². The summed E-state index contributed by atoms with van der Waals surface area (Å²) in [5.74, 6) is 2.75. The van der Waals surface area contributed by atoms with Gasteiger partial charge in [-0.15, -0.1) is 0 Å². The Bertz CT molecular complexity index is 811. The number of nitrogens with one attached hydrogen (secondary N) is 1. The number of aliphatic hydroxyl groups is 1. The Labute approximate surface area is 199 Å². The summed E-state index contributed by atoms with van der Waals surface area (Å²) in [6.45, 7) is 15.3. The summed E-state index contributed by atoms with van der Waals surface area (Å²) < 4.78 is 2.28. The van der Waals surface area contributed by atoms with Gasteiger partial charge in [-0.3, -0.25) is 4.90 Å². The SMILES string of the molecule is CC(C)CN1CCC2(CC1)CCN(CCCn1ccnc1CN(CCO)Cc1ncc[nH]1)C2. The van der Waals surface area contributed by atoms with Gasteiger partial charge >= 0.3 is 0 Å². The number of aliphatic hydroxyl groups excluding tert-OH is 1. The highest BCUT2D eigenvalue weighted by Crippen LogP contribution is 2.40. The predicted molar refractivity (Wildman–Crippen MR) is 131 cm³/mol. The van der Waals surface area contributed by atoms with E-state index in [-0.39, 0.29) is 6.61 Å². The maximum absolute atomic E-state index is 9.48. The second kappa shape index (κ2) is 11.6. The van der Waals surface area contributed by atoms with Crippen molar-refractivity contribution in [2.75, 3.05) is 52.4 Å². The molecule has 8 heteroatoms. The zero-order chi connectivity index (χ0) is 23.1. The van der Waals surface area contributed by atoms with Crippen LogP contribution in [0.3, 0.4) is 0 Å². The lowest BCUT2D eigenvalue weighted by Gasteiger charge is -2.40. The molecule has 33 heavy (non-hydrogen) atoms. The van der Waals surface area contributed by atoms with Crippen molar-refractivity contribution < 1.29 is 5.11 Å². The molecule has 2 N–H and O–H groups in total. The molecule has 0 amide bonds. The van der Waals surface area contributed by atoms with E-state index in [1.807, 2.05) is 12.4 Å². The number of aromatic amines is 1. The van der Waals surface area contributed by atoms with Crippen LogP contribution in [0, 0.1) is 11.3 Å². The van der Waals surface area contributed by atoms with Gasteiger partial charge in [0.25, 0.3) is 0 Å². The van der Waals surface area contributed by atoms with Gasteiger partial charge in [0, 0.05) is 51.0 Å². The van der Waals surface area contributed by atoms with Gasteiger partial charge in [0.2, 0.25) is 0 Å². The number of aryl methyl sites for hydroxylation is 1. The number of likely N-dealkylation sites (tertiary alicyclic amines) is 2. The van der Waals surface area contributed by atoms with E-state index in [1.165, 1.54) is 58.5 Å². The third kappa shape index (κ3) is 6.88. The Hall–Kier alpha value is -1.74. The molecule has 2 aromatic rings. The van der Waals surface area contributed by atoms with Crippen LogP contribution in [0.1, 0.15) is 51.2 Å². The molecule has 2 aliphatic heterocycles. The third-order valence-corrected chi connectivity index (χ3v) is 7.44. The van der Waals surface area contributed by atoms with E-state index in [1.54, 1.807) is 6.20 Å². The Balaban J connectivity index is 1.21. The molecule has 0 atom stereocenters. The lowest BCUT2D eigenvalue weighted by Crippen LogP contribution is -2.42. The lowest BCUT2D eigenvalue weighted by atomic mass is 9.77. The minimum Gasteiger partial charge on any atom is -0.395 e. The van der Waals surface area contributed by atoms with Gasteiger partial charge in [-0.25, -0.2) is 9.97 Å². The van der Waals surface area contributed by atoms with E-state index in [2.05, 4.69) is 54.3 Å². The first kappa shape index (κ1) is 24.4. The smallest absolute Gasteiger partial charge is 0.122 e. The van der Waals surface area contributed by atoms with Crippen molar-refractivity contribution in [1.82, 2.24) is 34.2 Å². The molecule has 2 aliphatic rings. The van der Waals surface area contributed by atoms with Gasteiger partial charge in [-0.05, 0) is 63.2 Å². The topological polar surface area (TPSA) is 76.4 Å². The van der Waals surface area contributed by atoms with Crippen LogP contribution in [0.15, 0.2) is 24.8 Å². The number of nitrogens with zero attached hydrogens (tertiary/aromatic N) is 6. The largest absolute Gasteiger partial charge is 0.395 e. The quantitative estimate of drug-likeness (QED) is 0.510. The molecule has 0 saturated carbocycles. The minimum atomic E-state index is 0.132. The van der Waals surface area contributed by atoms with Crippen molar-refractivity contribution in [3.05, 3.63) is 36.4 Å². The monoisotopic (exact) mass is 457 g/mol. The van der Waals surface area contributed by atoms with Crippen LogP contribution in [0.25, 0.3) is 0 Å². The van der Waals surface area contributed by atoms with Crippen molar-refractivity contribution in [1.29, 1.82) is 0 Å². The molecule has 4 heterocycles. The lowest BCUT2D eigenvalue weighted by molar-refractivity contribution is 0.0989. The average Bonchev–Trinajstić information content (AvgIpc) is 3.53. The van der Waals surface area contributed by atoms with Crippen LogP contribution in [0.5, 0.6) is 0 Å². The summed E-state index contributed by atoms with van der Waals surface area (Å²) >= 11 is 0. The molecule has 2 aromatic heterocycles. The fraction of sp³-hybridized carbons (Fsp3) is 0.760. The van der Waals surface area contributed by atoms with Crippen LogP contribution < -0.4 is 0 Å². The van der Waals surface area contributed by atoms with Gasteiger partial charge < -0.3 is 24.5 Å². The highest BCUT2D eigenvalue weighted by Gasteiger charge is 2.40. The molecule has 0 bridgehead atoms. The maximum Gasteiger partial charge on any atom is 0.122 e. The van der Waals surface area contributed by atoms with E-state index in [9.17, 15) is 5.11 Å².